The molecule has 2 aromatic rings. The first-order valence-electron chi connectivity index (χ1n) is 12.8. The molecular weight excluding hydrogens is 461 g/mol. The summed E-state index contributed by atoms with van der Waals surface area (Å²) in [6.07, 6.45) is 5.24. The standard InChI is InChI=1S/C28H38FN3O4/c1-3-4-14-24-27(2,26(35)36)32(23-12-8-7-9-13-23)31-28(24,21-15-17-22(29)18-16-21)25(34)30-19-10-5-6-11-20-33/h7-9,12-13,15-18,24,31,33H,3-6,10-11,14,19-20H2,1-2H3,(H,30,34)(H,35,36). The SMILES string of the molecule is CCCCC1C(C(=O)NCCCCCCO)(c2ccc(F)cc2)NN(c2ccccc2)C1(C)C(=O)O. The smallest absolute Gasteiger partial charge is 0.331 e. The van der Waals surface area contributed by atoms with Crippen LogP contribution < -0.4 is 15.8 Å². The number of rotatable bonds is 13. The van der Waals surface area contributed by atoms with Crippen LogP contribution in [-0.2, 0) is 15.1 Å². The third kappa shape index (κ3) is 5.39. The van der Waals surface area contributed by atoms with E-state index in [9.17, 15) is 19.1 Å². The Morgan fingerprint density at radius 2 is 1.69 bits per heavy atom. The summed E-state index contributed by atoms with van der Waals surface area (Å²) in [7, 11) is 0. The molecule has 1 saturated heterocycles. The molecule has 196 valence electrons. The van der Waals surface area contributed by atoms with Crippen LogP contribution in [0.5, 0.6) is 0 Å². The van der Waals surface area contributed by atoms with Gasteiger partial charge in [0, 0.05) is 19.1 Å². The highest BCUT2D eigenvalue weighted by molar-refractivity contribution is 5.94. The molecule has 1 aliphatic heterocycles. The Bertz CT molecular complexity index is 1000. The lowest BCUT2D eigenvalue weighted by molar-refractivity contribution is -0.145. The van der Waals surface area contributed by atoms with Gasteiger partial charge in [-0.2, -0.15) is 0 Å². The topological polar surface area (TPSA) is 102 Å². The average Bonchev–Trinajstić information content (AvgIpc) is 3.16. The fourth-order valence-electron chi connectivity index (χ4n) is 5.26. The van der Waals surface area contributed by atoms with Gasteiger partial charge in [-0.05, 0) is 56.0 Å². The Labute approximate surface area is 212 Å². The number of hydrogen-bond acceptors (Lipinski definition) is 5. The minimum Gasteiger partial charge on any atom is -0.479 e. The molecule has 3 rings (SSSR count). The van der Waals surface area contributed by atoms with Gasteiger partial charge < -0.3 is 15.5 Å². The van der Waals surface area contributed by atoms with Crippen LogP contribution >= 0.6 is 0 Å². The number of hydrogen-bond donors (Lipinski definition) is 4. The summed E-state index contributed by atoms with van der Waals surface area (Å²) in [4.78, 5) is 27.0. The first kappa shape index (κ1) is 27.6. The van der Waals surface area contributed by atoms with E-state index in [0.29, 0.717) is 24.2 Å². The van der Waals surface area contributed by atoms with E-state index in [-0.39, 0.29) is 12.5 Å². The molecule has 2 aromatic carbocycles. The number of carbonyl (C=O) groups excluding carboxylic acids is 1. The van der Waals surface area contributed by atoms with Gasteiger partial charge in [0.1, 0.15) is 11.4 Å². The Morgan fingerprint density at radius 3 is 2.31 bits per heavy atom. The van der Waals surface area contributed by atoms with Crippen molar-refractivity contribution in [1.82, 2.24) is 10.7 Å². The lowest BCUT2D eigenvalue weighted by Gasteiger charge is -2.37. The number of aliphatic hydroxyl groups is 1. The highest BCUT2D eigenvalue weighted by Gasteiger charge is 2.66. The first-order valence-corrected chi connectivity index (χ1v) is 12.8. The monoisotopic (exact) mass is 499 g/mol. The molecule has 3 atom stereocenters. The van der Waals surface area contributed by atoms with Gasteiger partial charge in [0.2, 0.25) is 5.91 Å². The Morgan fingerprint density at radius 1 is 1.03 bits per heavy atom. The second kappa shape index (κ2) is 12.3. The van der Waals surface area contributed by atoms with Crippen molar-refractivity contribution in [3.8, 4) is 0 Å². The second-order valence-electron chi connectivity index (χ2n) is 9.64. The van der Waals surface area contributed by atoms with E-state index in [1.165, 1.54) is 12.1 Å². The number of benzene rings is 2. The van der Waals surface area contributed by atoms with Crippen LogP contribution in [0.4, 0.5) is 10.1 Å². The molecule has 0 radical (unpaired) electrons. The van der Waals surface area contributed by atoms with Crippen molar-refractivity contribution in [2.24, 2.45) is 5.92 Å². The van der Waals surface area contributed by atoms with E-state index in [1.807, 2.05) is 37.3 Å². The van der Waals surface area contributed by atoms with Crippen molar-refractivity contribution in [2.45, 2.75) is 69.9 Å². The van der Waals surface area contributed by atoms with Crippen molar-refractivity contribution < 1.29 is 24.2 Å². The highest BCUT2D eigenvalue weighted by atomic mass is 19.1. The number of carboxylic acids is 1. The molecule has 8 heteroatoms. The Balaban J connectivity index is 2.10. The molecular formula is C28H38FN3O4. The van der Waals surface area contributed by atoms with Crippen molar-refractivity contribution >= 4 is 17.6 Å². The zero-order valence-corrected chi connectivity index (χ0v) is 21.2. The summed E-state index contributed by atoms with van der Waals surface area (Å²) in [6.45, 7) is 4.25. The number of carboxylic acid groups (broad SMARTS) is 1. The number of halogens is 1. The summed E-state index contributed by atoms with van der Waals surface area (Å²) < 4.78 is 13.9. The third-order valence-corrected chi connectivity index (χ3v) is 7.28. The number of nitrogens with one attached hydrogen (secondary N) is 2. The highest BCUT2D eigenvalue weighted by Crippen LogP contribution is 2.50. The molecule has 0 bridgehead atoms. The number of aliphatic carboxylic acids is 1. The Kier molecular flexibility index (Phi) is 9.45. The molecule has 3 unspecified atom stereocenters. The predicted molar refractivity (Wildman–Crippen MR) is 138 cm³/mol. The number of hydrazine groups is 1. The average molecular weight is 500 g/mol. The van der Waals surface area contributed by atoms with Gasteiger partial charge in [-0.3, -0.25) is 9.80 Å². The summed E-state index contributed by atoms with van der Waals surface area (Å²) in [5, 5.41) is 24.2. The van der Waals surface area contributed by atoms with Gasteiger partial charge in [-0.25, -0.2) is 14.6 Å². The van der Waals surface area contributed by atoms with E-state index in [0.717, 1.165) is 38.5 Å². The third-order valence-electron chi connectivity index (χ3n) is 7.28. The van der Waals surface area contributed by atoms with Crippen molar-refractivity contribution in [3.05, 3.63) is 66.0 Å². The van der Waals surface area contributed by atoms with Crippen LogP contribution in [-0.4, -0.2) is 40.8 Å². The van der Waals surface area contributed by atoms with Gasteiger partial charge in [-0.15, -0.1) is 0 Å². The van der Waals surface area contributed by atoms with Gasteiger partial charge >= 0.3 is 5.97 Å². The summed E-state index contributed by atoms with van der Waals surface area (Å²) in [5.74, 6) is -2.45. The molecule has 36 heavy (non-hydrogen) atoms. The molecule has 1 heterocycles. The second-order valence-corrected chi connectivity index (χ2v) is 9.64. The van der Waals surface area contributed by atoms with Crippen LogP contribution in [0.2, 0.25) is 0 Å². The normalized spacial score (nSPS) is 23.6. The van der Waals surface area contributed by atoms with Crippen molar-refractivity contribution in [1.29, 1.82) is 0 Å². The van der Waals surface area contributed by atoms with E-state index < -0.39 is 28.8 Å². The van der Waals surface area contributed by atoms with Gasteiger partial charge in [0.25, 0.3) is 0 Å². The number of para-hydroxylation sites is 1. The molecule has 7 nitrogen and oxygen atoms in total. The fourth-order valence-corrected chi connectivity index (χ4v) is 5.26. The fraction of sp³-hybridized carbons (Fsp3) is 0.500. The van der Waals surface area contributed by atoms with Crippen LogP contribution in [0.3, 0.4) is 0 Å². The molecule has 0 aromatic heterocycles. The van der Waals surface area contributed by atoms with Crippen molar-refractivity contribution in [3.63, 3.8) is 0 Å². The minimum atomic E-state index is -1.45. The Hall–Kier alpha value is -2.97. The van der Waals surface area contributed by atoms with E-state index >= 15 is 0 Å². The van der Waals surface area contributed by atoms with Gasteiger partial charge in [0.05, 0.1) is 5.69 Å². The molecule has 0 spiro atoms. The predicted octanol–water partition coefficient (Wildman–Crippen LogP) is 4.36. The van der Waals surface area contributed by atoms with E-state index in [1.54, 1.807) is 24.1 Å². The zero-order chi connectivity index (χ0) is 26.2. The van der Waals surface area contributed by atoms with Crippen LogP contribution in [0.1, 0.15) is 64.4 Å². The van der Waals surface area contributed by atoms with Crippen LogP contribution in [0, 0.1) is 11.7 Å². The minimum absolute atomic E-state index is 0.145. The first-order chi connectivity index (χ1) is 17.3. The zero-order valence-electron chi connectivity index (χ0n) is 21.2. The maximum Gasteiger partial charge on any atom is 0.331 e. The molecule has 1 aliphatic rings. The number of amides is 1. The summed E-state index contributed by atoms with van der Waals surface area (Å²) in [5.41, 5.74) is 1.61. The summed E-state index contributed by atoms with van der Waals surface area (Å²) in [6, 6.07) is 14.9. The number of nitrogens with zero attached hydrogens (tertiary/aromatic N) is 1. The van der Waals surface area contributed by atoms with Crippen molar-refractivity contribution in [2.75, 3.05) is 18.2 Å². The van der Waals surface area contributed by atoms with E-state index in [4.69, 9.17) is 5.11 Å². The van der Waals surface area contributed by atoms with Gasteiger partial charge in [-0.1, -0.05) is 62.9 Å². The molecule has 0 aliphatic carbocycles. The van der Waals surface area contributed by atoms with E-state index in [2.05, 4.69) is 10.7 Å². The number of anilines is 1. The number of unbranched alkanes of at least 4 members (excludes halogenated alkanes) is 4. The maximum atomic E-state index is 14.1. The molecule has 1 fully saturated rings. The van der Waals surface area contributed by atoms with Crippen LogP contribution in [0.15, 0.2) is 54.6 Å². The number of carbonyl (C=O) groups is 2. The largest absolute Gasteiger partial charge is 0.479 e. The lowest BCUT2D eigenvalue weighted by atomic mass is 9.68. The quantitative estimate of drug-likeness (QED) is 0.306. The molecule has 4 N–H and O–H groups in total. The number of aliphatic hydroxyl groups excluding tert-OH is 1. The molecule has 0 saturated carbocycles. The van der Waals surface area contributed by atoms with Crippen LogP contribution in [0.25, 0.3) is 0 Å². The lowest BCUT2D eigenvalue weighted by Crippen LogP contribution is -2.57. The van der Waals surface area contributed by atoms with Gasteiger partial charge in [0.15, 0.2) is 5.54 Å². The maximum absolute atomic E-state index is 14.1. The summed E-state index contributed by atoms with van der Waals surface area (Å²) >= 11 is 0. The molecule has 1 amide bonds.